The van der Waals surface area contributed by atoms with Gasteiger partial charge in [-0.3, -0.25) is 34.2 Å². The van der Waals surface area contributed by atoms with Gasteiger partial charge in [-0.15, -0.1) is 0 Å². The van der Waals surface area contributed by atoms with Crippen molar-refractivity contribution in [2.24, 2.45) is 17.8 Å². The van der Waals surface area contributed by atoms with Crippen LogP contribution in [0.25, 0.3) is 0 Å². The molecule has 2 unspecified atom stereocenters. The molecular weight excluding hydrogens is 767 g/mol. The van der Waals surface area contributed by atoms with E-state index in [1.54, 1.807) is 32.0 Å². The van der Waals surface area contributed by atoms with Gasteiger partial charge in [0.2, 0.25) is 11.8 Å². The summed E-state index contributed by atoms with van der Waals surface area (Å²) in [5, 5.41) is 20.2. The van der Waals surface area contributed by atoms with E-state index in [1.165, 1.54) is 25.7 Å². The molecule has 2 atom stereocenters. The number of piperidine rings is 2. The number of nitrogens with zero attached hydrogens (tertiary/aromatic N) is 4. The van der Waals surface area contributed by atoms with Gasteiger partial charge in [0.1, 0.15) is 11.7 Å². The van der Waals surface area contributed by atoms with Crippen LogP contribution in [0.3, 0.4) is 0 Å². The second-order valence-corrected chi connectivity index (χ2v) is 18.7. The number of benzene rings is 2. The number of thioether (sulfide) groups is 1. The summed E-state index contributed by atoms with van der Waals surface area (Å²) in [5.74, 6) is -0.461. The van der Waals surface area contributed by atoms with Gasteiger partial charge in [0.05, 0.1) is 27.8 Å². The van der Waals surface area contributed by atoms with Crippen molar-refractivity contribution < 1.29 is 29.1 Å². The fraction of sp³-hybridized carbons (Fsp3) is 0.511. The van der Waals surface area contributed by atoms with Crippen LogP contribution in [0.1, 0.15) is 114 Å². The highest BCUT2D eigenvalue weighted by molar-refractivity contribution is 8.00. The molecule has 1 aromatic heterocycles. The van der Waals surface area contributed by atoms with E-state index in [9.17, 15) is 29.1 Å². The van der Waals surface area contributed by atoms with Crippen LogP contribution in [0.4, 0.5) is 17.1 Å². The Kier molecular flexibility index (Phi) is 11.6. The SMILES string of the molecule is Cc1cccc(C(=O)Nc2cc3c(cc2C(C)(C)O)N(C)C(C2CCC(CN4CCC(CCNc5cccc6c5C(=O)N(C5CCC(=O)NC5=O)C6=O)CC4)CC2)S3)n1. The minimum Gasteiger partial charge on any atom is -0.386 e. The lowest BCUT2D eigenvalue weighted by atomic mass is 9.81. The van der Waals surface area contributed by atoms with Crippen LogP contribution in [0.5, 0.6) is 0 Å². The molecule has 5 heterocycles. The van der Waals surface area contributed by atoms with Crippen molar-refractivity contribution in [1.82, 2.24) is 20.1 Å². The molecule has 14 heteroatoms. The van der Waals surface area contributed by atoms with Gasteiger partial charge in [0.25, 0.3) is 17.7 Å². The molecule has 4 N–H and O–H groups in total. The van der Waals surface area contributed by atoms with Crippen LogP contribution in [0.15, 0.2) is 53.4 Å². The molecule has 2 aromatic carbocycles. The van der Waals surface area contributed by atoms with Gasteiger partial charge in [-0.1, -0.05) is 23.9 Å². The van der Waals surface area contributed by atoms with Gasteiger partial charge in [-0.25, -0.2) is 4.98 Å². The number of anilines is 3. The highest BCUT2D eigenvalue weighted by atomic mass is 32.2. The summed E-state index contributed by atoms with van der Waals surface area (Å²) in [7, 11) is 2.16. The Morgan fingerprint density at radius 1 is 0.932 bits per heavy atom. The van der Waals surface area contributed by atoms with E-state index in [0.717, 1.165) is 60.1 Å². The number of nitrogens with one attached hydrogen (secondary N) is 3. The molecule has 312 valence electrons. The smallest absolute Gasteiger partial charge is 0.274 e. The number of hydrogen-bond acceptors (Lipinski definition) is 11. The number of carbonyl (C=O) groups is 5. The van der Waals surface area contributed by atoms with Crippen LogP contribution in [-0.4, -0.2) is 94.1 Å². The highest BCUT2D eigenvalue weighted by Gasteiger charge is 2.46. The molecule has 5 aliphatic rings. The number of amides is 5. The van der Waals surface area contributed by atoms with E-state index in [0.29, 0.717) is 63.4 Å². The van der Waals surface area contributed by atoms with Crippen LogP contribution in [0.2, 0.25) is 0 Å². The van der Waals surface area contributed by atoms with Crippen molar-refractivity contribution in [3.8, 4) is 0 Å². The predicted molar refractivity (Wildman–Crippen MR) is 227 cm³/mol. The Bertz CT molecular complexity index is 2160. The number of aryl methyl sites for hydroxylation is 1. The van der Waals surface area contributed by atoms with Crippen molar-refractivity contribution in [1.29, 1.82) is 0 Å². The standard InChI is InChI=1S/C45H55N7O6S/c1-26-7-5-10-33(47-26)40(54)48-34-24-37-36(23-31(34)45(2,3)58)50(4)44(59-37)29-13-11-28(12-14-29)25-51-21-18-27(19-22-51)17-20-46-32-9-6-8-30-39(32)43(57)52(42(30)56)35-15-16-38(53)49-41(35)55/h5-10,23-24,27-29,35,44,46,58H,11-22,25H2,1-4H3,(H,48,54)(H,49,53,55). The number of fused-ring (bicyclic) bond motifs is 2. The van der Waals surface area contributed by atoms with Crippen LogP contribution < -0.4 is 20.9 Å². The minimum absolute atomic E-state index is 0.0924. The van der Waals surface area contributed by atoms with Crippen LogP contribution in [-0.2, 0) is 15.2 Å². The molecule has 8 rings (SSSR count). The quantitative estimate of drug-likeness (QED) is 0.164. The topological polar surface area (TPSA) is 164 Å². The largest absolute Gasteiger partial charge is 0.386 e. The number of hydrogen-bond donors (Lipinski definition) is 4. The summed E-state index contributed by atoms with van der Waals surface area (Å²) < 4.78 is 0. The van der Waals surface area contributed by atoms with Crippen molar-refractivity contribution in [2.75, 3.05) is 48.8 Å². The number of carbonyl (C=O) groups excluding carboxylic acids is 5. The Morgan fingerprint density at radius 3 is 2.39 bits per heavy atom. The van der Waals surface area contributed by atoms with E-state index in [-0.39, 0.29) is 24.7 Å². The molecule has 0 bridgehead atoms. The second-order valence-electron chi connectivity index (χ2n) is 17.6. The van der Waals surface area contributed by atoms with E-state index in [4.69, 9.17) is 0 Å². The first-order chi connectivity index (χ1) is 28.2. The summed E-state index contributed by atoms with van der Waals surface area (Å²) in [6.07, 6.45) is 8.21. The molecular formula is C45H55N7O6S. The van der Waals surface area contributed by atoms with E-state index in [2.05, 4.69) is 37.8 Å². The third kappa shape index (κ3) is 8.49. The van der Waals surface area contributed by atoms with Gasteiger partial charge in [0.15, 0.2) is 0 Å². The summed E-state index contributed by atoms with van der Waals surface area (Å²) >= 11 is 1.87. The molecule has 1 saturated carbocycles. The lowest BCUT2D eigenvalue weighted by molar-refractivity contribution is -0.136. The molecule has 13 nitrogen and oxygen atoms in total. The molecule has 0 spiro atoms. The number of imide groups is 2. The van der Waals surface area contributed by atoms with Crippen molar-refractivity contribution in [3.63, 3.8) is 0 Å². The minimum atomic E-state index is -1.15. The average Bonchev–Trinajstić information content (AvgIpc) is 3.66. The number of rotatable bonds is 11. The Labute approximate surface area is 350 Å². The summed E-state index contributed by atoms with van der Waals surface area (Å²) in [5.41, 5.74) is 3.57. The first-order valence-corrected chi connectivity index (χ1v) is 22.0. The second kappa shape index (κ2) is 16.7. The number of likely N-dealkylation sites (tertiary alicyclic amines) is 1. The average molecular weight is 822 g/mol. The first kappa shape index (κ1) is 41.0. The molecule has 1 aliphatic carbocycles. The summed E-state index contributed by atoms with van der Waals surface area (Å²) in [6, 6.07) is 13.7. The number of pyridine rings is 1. The lowest BCUT2D eigenvalue weighted by Gasteiger charge is -2.39. The maximum absolute atomic E-state index is 13.5. The third-order valence-corrected chi connectivity index (χ3v) is 14.5. The monoisotopic (exact) mass is 821 g/mol. The zero-order valence-corrected chi connectivity index (χ0v) is 35.2. The molecule has 2 saturated heterocycles. The highest BCUT2D eigenvalue weighted by Crippen LogP contribution is 2.51. The maximum atomic E-state index is 13.5. The molecule has 3 aromatic rings. The molecule has 3 fully saturated rings. The molecule has 0 radical (unpaired) electrons. The van der Waals surface area contributed by atoms with E-state index in [1.807, 2.05) is 49.0 Å². The fourth-order valence-electron chi connectivity index (χ4n) is 9.71. The van der Waals surface area contributed by atoms with Crippen molar-refractivity contribution in [3.05, 3.63) is 76.6 Å². The van der Waals surface area contributed by atoms with Gasteiger partial charge in [0, 0.05) is 54.1 Å². The Balaban J connectivity index is 0.794. The Hall–Kier alpha value is -4.79. The molecule has 5 amide bonds. The van der Waals surface area contributed by atoms with Crippen LogP contribution >= 0.6 is 11.8 Å². The predicted octanol–water partition coefficient (Wildman–Crippen LogP) is 6.16. The van der Waals surface area contributed by atoms with Crippen molar-refractivity contribution in [2.45, 2.75) is 100 Å². The first-order valence-electron chi connectivity index (χ1n) is 21.1. The number of aromatic nitrogens is 1. The normalized spacial score (nSPS) is 23.9. The van der Waals surface area contributed by atoms with Gasteiger partial charge < -0.3 is 25.5 Å². The summed E-state index contributed by atoms with van der Waals surface area (Å²) in [6.45, 7) is 9.35. The van der Waals surface area contributed by atoms with Gasteiger partial charge >= 0.3 is 0 Å². The van der Waals surface area contributed by atoms with Crippen molar-refractivity contribution >= 4 is 58.4 Å². The summed E-state index contributed by atoms with van der Waals surface area (Å²) in [4.78, 5) is 75.6. The van der Waals surface area contributed by atoms with E-state index >= 15 is 0 Å². The number of aliphatic hydroxyl groups is 1. The molecule has 59 heavy (non-hydrogen) atoms. The zero-order valence-electron chi connectivity index (χ0n) is 34.4. The van der Waals surface area contributed by atoms with Gasteiger partial charge in [-0.05, 0) is 139 Å². The zero-order chi connectivity index (χ0) is 41.6. The van der Waals surface area contributed by atoms with Crippen LogP contribution in [0, 0.1) is 24.7 Å². The third-order valence-electron chi connectivity index (χ3n) is 13.0. The van der Waals surface area contributed by atoms with E-state index < -0.39 is 29.4 Å². The molecule has 4 aliphatic heterocycles. The lowest BCUT2D eigenvalue weighted by Crippen LogP contribution is -2.54. The maximum Gasteiger partial charge on any atom is 0.274 e. The Morgan fingerprint density at radius 2 is 1.68 bits per heavy atom. The fourth-order valence-corrected chi connectivity index (χ4v) is 11.2. The van der Waals surface area contributed by atoms with Gasteiger partial charge in [-0.2, -0.15) is 0 Å².